The summed E-state index contributed by atoms with van der Waals surface area (Å²) < 4.78 is 12.3. The average molecular weight is 557 g/mol. The Labute approximate surface area is 240 Å². The van der Waals surface area contributed by atoms with Crippen LogP contribution in [-0.2, 0) is 15.1 Å². The van der Waals surface area contributed by atoms with Crippen molar-refractivity contribution in [2.45, 2.75) is 59.0 Å². The molecule has 0 aliphatic carbocycles. The third-order valence-electron chi connectivity index (χ3n) is 7.39. The van der Waals surface area contributed by atoms with Gasteiger partial charge in [0.15, 0.2) is 5.60 Å². The number of esters is 1. The van der Waals surface area contributed by atoms with Gasteiger partial charge in [-0.3, -0.25) is 9.59 Å². The maximum Gasteiger partial charge on any atom is 0.340 e. The Morgan fingerprint density at radius 2 is 1.59 bits per heavy atom. The molecule has 0 saturated carbocycles. The molecule has 0 bridgehead atoms. The molecule has 8 nitrogen and oxygen atoms in total. The number of rotatable bonds is 8. The predicted molar refractivity (Wildman–Crippen MR) is 154 cm³/mol. The number of hydrogen-bond donors (Lipinski definition) is 3. The summed E-state index contributed by atoms with van der Waals surface area (Å²) in [7, 11) is 0. The van der Waals surface area contributed by atoms with E-state index in [9.17, 15) is 19.5 Å². The van der Waals surface area contributed by atoms with Crippen LogP contribution in [0.15, 0.2) is 54.6 Å². The minimum absolute atomic E-state index is 0.0374. The van der Waals surface area contributed by atoms with Gasteiger partial charge >= 0.3 is 5.97 Å². The molecular weight excluding hydrogens is 520 g/mol. The first-order valence-corrected chi connectivity index (χ1v) is 14.0. The molecule has 2 aliphatic heterocycles. The van der Waals surface area contributed by atoms with Gasteiger partial charge in [0.2, 0.25) is 5.91 Å². The molecular formula is C33H36N2O6. The van der Waals surface area contributed by atoms with Crippen LogP contribution in [0, 0.1) is 12.3 Å². The Hall–Kier alpha value is -4.33. The fourth-order valence-corrected chi connectivity index (χ4v) is 5.31. The molecule has 0 fully saturated rings. The smallest absolute Gasteiger partial charge is 0.340 e. The lowest BCUT2D eigenvalue weighted by atomic mass is 9.77. The van der Waals surface area contributed by atoms with Gasteiger partial charge in [-0.2, -0.15) is 0 Å². The molecule has 0 aromatic heterocycles. The second-order valence-corrected chi connectivity index (χ2v) is 12.0. The number of unbranched alkanes of at least 4 members (excludes halogenated alkanes) is 2. The lowest BCUT2D eigenvalue weighted by molar-refractivity contribution is -0.121. The molecule has 2 amide bonds. The second kappa shape index (κ2) is 10.9. The zero-order valence-electron chi connectivity index (χ0n) is 23.9. The number of fused-ring (bicyclic) bond motifs is 6. The Balaban J connectivity index is 1.28. The Morgan fingerprint density at radius 1 is 0.878 bits per heavy atom. The number of nitrogens with one attached hydrogen (secondary N) is 2. The largest absolute Gasteiger partial charge is 0.508 e. The van der Waals surface area contributed by atoms with Crippen molar-refractivity contribution < 1.29 is 29.0 Å². The predicted octanol–water partition coefficient (Wildman–Crippen LogP) is 5.72. The fourth-order valence-electron chi connectivity index (χ4n) is 5.31. The minimum atomic E-state index is -1.26. The first-order chi connectivity index (χ1) is 19.5. The van der Waals surface area contributed by atoms with Crippen molar-refractivity contribution in [1.29, 1.82) is 0 Å². The fraction of sp³-hybridized carbons (Fsp3) is 0.364. The normalized spacial score (nSPS) is 16.7. The maximum absolute atomic E-state index is 13.3. The molecule has 0 radical (unpaired) electrons. The summed E-state index contributed by atoms with van der Waals surface area (Å²) in [6.45, 7) is 9.29. The van der Waals surface area contributed by atoms with Crippen LogP contribution in [-0.4, -0.2) is 36.0 Å². The topological polar surface area (TPSA) is 114 Å². The highest BCUT2D eigenvalue weighted by Gasteiger charge is 2.53. The molecule has 3 N–H and O–H groups in total. The maximum atomic E-state index is 13.3. The SMILES string of the molecule is Cc1ccc2c(c1)Oc1cc(O)ccc1C21OC(=O)c2cc(C(=O)NCCCCCC(=O)NCC(C)(C)C)ccc21. The number of phenols is 1. The van der Waals surface area contributed by atoms with Crippen LogP contribution in [0.3, 0.4) is 0 Å². The summed E-state index contributed by atoms with van der Waals surface area (Å²) in [6.07, 6.45) is 2.78. The van der Waals surface area contributed by atoms with Gasteiger partial charge in [-0.25, -0.2) is 4.79 Å². The van der Waals surface area contributed by atoms with Crippen LogP contribution in [0.4, 0.5) is 0 Å². The Kier molecular flexibility index (Phi) is 7.51. The van der Waals surface area contributed by atoms with Gasteiger partial charge in [-0.15, -0.1) is 0 Å². The third-order valence-corrected chi connectivity index (χ3v) is 7.39. The molecule has 3 aromatic carbocycles. The van der Waals surface area contributed by atoms with Crippen LogP contribution in [0.5, 0.6) is 17.2 Å². The summed E-state index contributed by atoms with van der Waals surface area (Å²) in [4.78, 5) is 38.2. The van der Waals surface area contributed by atoms with Crippen molar-refractivity contribution in [3.8, 4) is 17.2 Å². The van der Waals surface area contributed by atoms with Gasteiger partial charge in [0.1, 0.15) is 17.2 Å². The minimum Gasteiger partial charge on any atom is -0.508 e. The van der Waals surface area contributed by atoms with Gasteiger partial charge in [0.25, 0.3) is 5.91 Å². The number of phenolic OH excluding ortho intramolecular Hbond substituents is 1. The lowest BCUT2D eigenvalue weighted by Gasteiger charge is -2.36. The first-order valence-electron chi connectivity index (χ1n) is 14.0. The van der Waals surface area contributed by atoms with Crippen molar-refractivity contribution in [2.24, 2.45) is 5.41 Å². The average Bonchev–Trinajstić information content (AvgIpc) is 3.20. The molecule has 8 heteroatoms. The van der Waals surface area contributed by atoms with Gasteiger partial charge < -0.3 is 25.2 Å². The number of amides is 2. The monoisotopic (exact) mass is 556 g/mol. The number of aryl methyl sites for hydroxylation is 1. The lowest BCUT2D eigenvalue weighted by Crippen LogP contribution is -2.33. The number of ether oxygens (including phenoxy) is 2. The van der Waals surface area contributed by atoms with E-state index in [-0.39, 0.29) is 23.0 Å². The van der Waals surface area contributed by atoms with E-state index in [0.717, 1.165) is 24.8 Å². The number of carbonyl (C=O) groups is 3. The standard InChI is InChI=1S/C33H36N2O6/c1-20-9-12-25-27(16-20)40-28-18-22(36)11-14-26(28)33(25)24-13-10-21(17-23(24)31(39)41-33)30(38)34-15-7-5-6-8-29(37)35-19-32(2,3)4/h9-14,16-18,36H,5-8,15,19H2,1-4H3,(H,34,38)(H,35,37). The van der Waals surface area contributed by atoms with E-state index in [2.05, 4.69) is 31.4 Å². The van der Waals surface area contributed by atoms with E-state index in [4.69, 9.17) is 9.47 Å². The number of benzene rings is 3. The molecule has 1 spiro atoms. The molecule has 3 aromatic rings. The highest BCUT2D eigenvalue weighted by molar-refractivity contribution is 6.01. The highest BCUT2D eigenvalue weighted by atomic mass is 16.6. The van der Waals surface area contributed by atoms with E-state index in [1.807, 2.05) is 25.1 Å². The summed E-state index contributed by atoms with van der Waals surface area (Å²) in [5.41, 5.74) is 2.34. The number of hydrogen-bond acceptors (Lipinski definition) is 6. The summed E-state index contributed by atoms with van der Waals surface area (Å²) in [5.74, 6) is 0.211. The van der Waals surface area contributed by atoms with Crippen LogP contribution in [0.1, 0.15) is 89.4 Å². The van der Waals surface area contributed by atoms with Crippen molar-refractivity contribution in [1.82, 2.24) is 10.6 Å². The van der Waals surface area contributed by atoms with Crippen LogP contribution < -0.4 is 15.4 Å². The molecule has 0 saturated heterocycles. The van der Waals surface area contributed by atoms with E-state index < -0.39 is 11.6 Å². The van der Waals surface area contributed by atoms with Crippen molar-refractivity contribution in [2.75, 3.05) is 13.1 Å². The molecule has 41 heavy (non-hydrogen) atoms. The molecule has 5 rings (SSSR count). The van der Waals surface area contributed by atoms with E-state index in [0.29, 0.717) is 58.8 Å². The highest BCUT2D eigenvalue weighted by Crippen LogP contribution is 2.56. The molecule has 214 valence electrons. The van der Waals surface area contributed by atoms with Gasteiger partial charge in [0, 0.05) is 47.8 Å². The summed E-state index contributed by atoms with van der Waals surface area (Å²) in [6, 6.07) is 15.5. The Morgan fingerprint density at radius 3 is 2.34 bits per heavy atom. The van der Waals surface area contributed by atoms with E-state index in [1.54, 1.807) is 24.3 Å². The number of aromatic hydroxyl groups is 1. The molecule has 2 aliphatic rings. The zero-order valence-corrected chi connectivity index (χ0v) is 23.9. The van der Waals surface area contributed by atoms with E-state index >= 15 is 0 Å². The summed E-state index contributed by atoms with van der Waals surface area (Å²) in [5, 5.41) is 16.0. The van der Waals surface area contributed by atoms with Gasteiger partial charge in [-0.05, 0) is 61.1 Å². The first kappa shape index (κ1) is 28.2. The van der Waals surface area contributed by atoms with Crippen LogP contribution in [0.2, 0.25) is 0 Å². The third kappa shape index (κ3) is 5.64. The molecule has 2 heterocycles. The summed E-state index contributed by atoms with van der Waals surface area (Å²) >= 11 is 0. The van der Waals surface area contributed by atoms with Crippen LogP contribution >= 0.6 is 0 Å². The van der Waals surface area contributed by atoms with Crippen molar-refractivity contribution in [3.05, 3.63) is 88.0 Å². The van der Waals surface area contributed by atoms with Crippen molar-refractivity contribution in [3.63, 3.8) is 0 Å². The number of carbonyl (C=O) groups excluding carboxylic acids is 3. The van der Waals surface area contributed by atoms with E-state index in [1.165, 1.54) is 12.1 Å². The zero-order chi connectivity index (χ0) is 29.4. The quantitative estimate of drug-likeness (QED) is 0.242. The molecule has 1 atom stereocenters. The van der Waals surface area contributed by atoms with Crippen molar-refractivity contribution >= 4 is 17.8 Å². The second-order valence-electron chi connectivity index (χ2n) is 12.0. The van der Waals surface area contributed by atoms with Gasteiger partial charge in [0.05, 0.1) is 5.56 Å². The Bertz CT molecular complexity index is 1470. The molecule has 1 unspecified atom stereocenters. The van der Waals surface area contributed by atoms with Crippen LogP contribution in [0.25, 0.3) is 0 Å². The van der Waals surface area contributed by atoms with Gasteiger partial charge in [-0.1, -0.05) is 45.4 Å².